The molecule has 0 radical (unpaired) electrons. The first-order valence-electron chi connectivity index (χ1n) is 20.6. The van der Waals surface area contributed by atoms with Gasteiger partial charge in [0.05, 0.1) is 16.1 Å². The number of carbonyl (C=O) groups is 1. The molecule has 2 aliphatic rings. The van der Waals surface area contributed by atoms with Gasteiger partial charge in [-0.2, -0.15) is 13.2 Å². The third-order valence-electron chi connectivity index (χ3n) is 11.5. The minimum absolute atomic E-state index is 0.0175. The van der Waals surface area contributed by atoms with Crippen LogP contribution in [0.5, 0.6) is 11.5 Å². The van der Waals surface area contributed by atoms with Crippen molar-refractivity contribution in [3.8, 4) is 11.5 Å². The van der Waals surface area contributed by atoms with Gasteiger partial charge in [0.15, 0.2) is 0 Å². The van der Waals surface area contributed by atoms with Gasteiger partial charge in [-0.1, -0.05) is 43.2 Å². The van der Waals surface area contributed by atoms with Crippen LogP contribution in [0.4, 0.5) is 24.5 Å². The van der Waals surface area contributed by atoms with Crippen LogP contribution in [-0.4, -0.2) is 83.9 Å². The quantitative estimate of drug-likeness (QED) is 0.0641. The van der Waals surface area contributed by atoms with Crippen LogP contribution in [0.2, 0.25) is 5.02 Å². The van der Waals surface area contributed by atoms with Crippen molar-refractivity contribution in [2.75, 3.05) is 50.4 Å². The van der Waals surface area contributed by atoms with Crippen LogP contribution in [0.1, 0.15) is 61.9 Å². The summed E-state index contributed by atoms with van der Waals surface area (Å²) in [5, 5.41) is 11.2. The lowest BCUT2D eigenvalue weighted by Gasteiger charge is -2.34. The second kappa shape index (κ2) is 18.6. The fraction of sp³-hybridized carbons (Fsp3) is 0.356. The molecule has 63 heavy (non-hydrogen) atoms. The van der Waals surface area contributed by atoms with Gasteiger partial charge in [-0.05, 0) is 136 Å². The largest absolute Gasteiger partial charge is 0.501 e. The highest BCUT2D eigenvalue weighted by molar-refractivity contribution is 7.92. The Balaban J connectivity index is 1.10. The van der Waals surface area contributed by atoms with E-state index < -0.39 is 46.8 Å². The number of likely N-dealkylation sites (tertiary alicyclic amines) is 1. The third kappa shape index (κ3) is 11.0. The molecular formula is C45H50ClF3N6O6S2. The summed E-state index contributed by atoms with van der Waals surface area (Å²) in [5.41, 5.74) is -0.923. The maximum atomic E-state index is 13.9. The Hall–Kier alpha value is -5.07. The summed E-state index contributed by atoms with van der Waals surface area (Å²) >= 11 is 6.17. The van der Waals surface area contributed by atoms with Crippen molar-refractivity contribution >= 4 is 65.2 Å². The molecule has 2 heterocycles. The summed E-state index contributed by atoms with van der Waals surface area (Å²) in [5.74, 6) is -0.834. The van der Waals surface area contributed by atoms with Crippen LogP contribution >= 0.6 is 11.6 Å². The molecule has 1 fully saturated rings. The molecule has 1 aromatic heterocycles. The molecule has 5 aromatic rings. The van der Waals surface area contributed by atoms with Crippen LogP contribution in [0.25, 0.3) is 16.5 Å². The molecule has 7 rings (SSSR count). The number of piperidine rings is 1. The first kappa shape index (κ1) is 45.9. The van der Waals surface area contributed by atoms with Crippen LogP contribution in [0.15, 0.2) is 106 Å². The van der Waals surface area contributed by atoms with Crippen molar-refractivity contribution in [2.45, 2.75) is 67.3 Å². The molecule has 0 unspecified atom stereocenters. The van der Waals surface area contributed by atoms with Crippen LogP contribution < -0.4 is 25.4 Å². The Kier molecular flexibility index (Phi) is 13.5. The third-order valence-corrected chi connectivity index (χ3v) is 14.6. The average molecular weight is 928 g/mol. The summed E-state index contributed by atoms with van der Waals surface area (Å²) in [4.78, 5) is 16.8. The fourth-order valence-electron chi connectivity index (χ4n) is 7.89. The second-order valence-corrected chi connectivity index (χ2v) is 20.9. The predicted octanol–water partition coefficient (Wildman–Crippen LogP) is 9.20. The van der Waals surface area contributed by atoms with Gasteiger partial charge in [0.2, 0.25) is 0 Å². The minimum atomic E-state index is -6.02. The Bertz CT molecular complexity index is 2730. The lowest BCUT2D eigenvalue weighted by atomic mass is 9.72. The van der Waals surface area contributed by atoms with E-state index >= 15 is 0 Å². The number of fused-ring (bicyclic) bond motifs is 1. The number of sulfonamides is 1. The highest BCUT2D eigenvalue weighted by atomic mass is 35.5. The molecule has 0 atom stereocenters. The molecule has 4 aromatic carbocycles. The van der Waals surface area contributed by atoms with E-state index in [-0.39, 0.29) is 22.8 Å². The summed E-state index contributed by atoms with van der Waals surface area (Å²) in [6, 6.07) is 21.4. The number of halogens is 4. The van der Waals surface area contributed by atoms with Crippen molar-refractivity contribution in [3.05, 3.63) is 113 Å². The van der Waals surface area contributed by atoms with Gasteiger partial charge in [0, 0.05) is 59.6 Å². The van der Waals surface area contributed by atoms with E-state index in [2.05, 4.69) is 46.9 Å². The Morgan fingerprint density at radius 3 is 2.41 bits per heavy atom. The van der Waals surface area contributed by atoms with Crippen molar-refractivity contribution in [1.29, 1.82) is 0 Å². The summed E-state index contributed by atoms with van der Waals surface area (Å²) in [6.45, 7) is 7.57. The average Bonchev–Trinajstić information content (AvgIpc) is 3.70. The van der Waals surface area contributed by atoms with E-state index in [1.54, 1.807) is 36.5 Å². The molecule has 0 bridgehead atoms. The number of nitrogens with zero attached hydrogens (tertiary/aromatic N) is 1. The van der Waals surface area contributed by atoms with Gasteiger partial charge in [0.1, 0.15) is 16.4 Å². The Morgan fingerprint density at radius 1 is 0.937 bits per heavy atom. The maximum Gasteiger partial charge on any atom is 0.501 e. The second-order valence-electron chi connectivity index (χ2n) is 16.8. The van der Waals surface area contributed by atoms with Crippen molar-refractivity contribution in [3.63, 3.8) is 0 Å². The number of H-pyrrole nitrogens is 1. The number of carbonyl (C=O) groups excluding carboxylic acids is 1. The van der Waals surface area contributed by atoms with E-state index in [1.165, 1.54) is 17.2 Å². The number of alkyl halides is 3. The van der Waals surface area contributed by atoms with Crippen molar-refractivity contribution in [1.82, 2.24) is 19.9 Å². The highest BCUT2D eigenvalue weighted by Crippen LogP contribution is 2.43. The smallest absolute Gasteiger partial charge is 0.456 e. The number of allylic oxidation sites excluding steroid dienone is 1. The number of hydrogen-bond acceptors (Lipinski definition) is 10. The number of sulfone groups is 1. The maximum absolute atomic E-state index is 13.9. The number of benzene rings is 4. The van der Waals surface area contributed by atoms with Gasteiger partial charge in [-0.25, -0.2) is 21.6 Å². The number of anilines is 2. The molecule has 1 aliphatic heterocycles. The van der Waals surface area contributed by atoms with Gasteiger partial charge in [-0.3, -0.25) is 4.79 Å². The zero-order valence-electron chi connectivity index (χ0n) is 35.0. The minimum Gasteiger partial charge on any atom is -0.456 e. The summed E-state index contributed by atoms with van der Waals surface area (Å²) < 4.78 is 103. The molecule has 12 nitrogen and oxygen atoms in total. The standard InChI is InChI=1S/C45H50ClF3N6O6S2/c1-44(2)18-14-31(38(27-44)29-4-6-32(46)7-5-29)28-50-20-21-51-34-8-11-37(41(25-34)61-35-9-12-39-30(24-35)15-19-52-39)43(56)54-63(59,60)36-10-13-40(53-33-16-22-55(3)23-17-33)42(26-36)62(57,58)45(47,48)49/h4-13,15,19,24-26,33,50-53H,14,16-18,20-23,27-28H2,1-3H3,(H,54,56). The molecule has 1 saturated heterocycles. The van der Waals surface area contributed by atoms with Crippen LogP contribution in [0, 0.1) is 5.41 Å². The lowest BCUT2D eigenvalue weighted by molar-refractivity contribution is -0.0435. The Labute approximate surface area is 370 Å². The van der Waals surface area contributed by atoms with Crippen molar-refractivity contribution < 1.29 is 39.5 Å². The zero-order valence-corrected chi connectivity index (χ0v) is 37.4. The molecule has 18 heteroatoms. The van der Waals surface area contributed by atoms with Crippen molar-refractivity contribution in [2.24, 2.45) is 5.41 Å². The van der Waals surface area contributed by atoms with Crippen LogP contribution in [0.3, 0.4) is 0 Å². The van der Waals surface area contributed by atoms with Crippen LogP contribution in [-0.2, 0) is 19.9 Å². The molecule has 5 N–H and O–H groups in total. The first-order chi connectivity index (χ1) is 29.8. The topological polar surface area (TPSA) is 162 Å². The number of ether oxygens (including phenoxy) is 1. The lowest BCUT2D eigenvalue weighted by Crippen LogP contribution is -2.37. The first-order valence-corrected chi connectivity index (χ1v) is 23.9. The van der Waals surface area contributed by atoms with E-state index in [9.17, 15) is 34.8 Å². The molecule has 0 spiro atoms. The zero-order chi connectivity index (χ0) is 45.2. The number of hydrogen-bond donors (Lipinski definition) is 5. The van der Waals surface area contributed by atoms with E-state index in [4.69, 9.17) is 16.3 Å². The number of aromatic nitrogens is 1. The predicted molar refractivity (Wildman–Crippen MR) is 241 cm³/mol. The monoisotopic (exact) mass is 926 g/mol. The number of rotatable bonds is 15. The summed E-state index contributed by atoms with van der Waals surface area (Å²) in [7, 11) is -9.06. The summed E-state index contributed by atoms with van der Waals surface area (Å²) in [6.07, 6.45) is 5.80. The number of nitrogens with one attached hydrogen (secondary N) is 5. The molecule has 1 aliphatic carbocycles. The highest BCUT2D eigenvalue weighted by Gasteiger charge is 2.48. The molecule has 1 amide bonds. The Morgan fingerprint density at radius 2 is 1.68 bits per heavy atom. The number of aromatic amines is 1. The molecular weight excluding hydrogens is 877 g/mol. The van der Waals surface area contributed by atoms with Gasteiger partial charge in [0.25, 0.3) is 25.8 Å². The fourth-order valence-corrected chi connectivity index (χ4v) is 10.0. The van der Waals surface area contributed by atoms with E-state index in [0.717, 1.165) is 47.9 Å². The molecule has 336 valence electrons. The van der Waals surface area contributed by atoms with E-state index in [1.807, 2.05) is 34.9 Å². The molecule has 0 saturated carbocycles. The van der Waals surface area contributed by atoms with Gasteiger partial charge in [-0.15, -0.1) is 0 Å². The number of amides is 1. The SMILES string of the molecule is CN1CCC(Nc2ccc(S(=O)(=O)NC(=O)c3ccc(NCCNCC4=C(c5ccc(Cl)cc5)CC(C)(C)CC4)cc3Oc3ccc4[nH]ccc4c3)cc2S(=O)(=O)C(F)(F)F)CC1. The van der Waals surface area contributed by atoms with Gasteiger partial charge >= 0.3 is 5.51 Å². The van der Waals surface area contributed by atoms with E-state index in [0.29, 0.717) is 68.1 Å². The normalized spacial score (nSPS) is 16.6. The van der Waals surface area contributed by atoms with Gasteiger partial charge < -0.3 is 30.6 Å².